The topological polar surface area (TPSA) is 69.6 Å². The number of β-amino-alcohol motifs (C(OH)–C–C–N with tert-alkyl or cyclic N) is 1. The Kier molecular flexibility index (Phi) is 5.57. The van der Waals surface area contributed by atoms with Gasteiger partial charge in [-0.1, -0.05) is 19.3 Å². The maximum absolute atomic E-state index is 12.2. The maximum atomic E-state index is 12.2. The minimum atomic E-state index is -0.325. The SMILES string of the molecule is O=C(CC1CCCCC1)NC1CCC(C(=O)N2CC(O)C2)CC1. The van der Waals surface area contributed by atoms with Crippen LogP contribution in [0.2, 0.25) is 0 Å². The molecular formula is C18H30N2O3. The highest BCUT2D eigenvalue weighted by Crippen LogP contribution is 2.29. The van der Waals surface area contributed by atoms with Gasteiger partial charge in [-0.3, -0.25) is 9.59 Å². The molecule has 1 saturated heterocycles. The van der Waals surface area contributed by atoms with Crippen LogP contribution in [0, 0.1) is 11.8 Å². The van der Waals surface area contributed by atoms with Crippen molar-refractivity contribution in [2.75, 3.05) is 13.1 Å². The van der Waals surface area contributed by atoms with Crippen LogP contribution in [0.25, 0.3) is 0 Å². The fourth-order valence-corrected chi connectivity index (χ4v) is 4.32. The van der Waals surface area contributed by atoms with Crippen molar-refractivity contribution in [3.8, 4) is 0 Å². The summed E-state index contributed by atoms with van der Waals surface area (Å²) in [7, 11) is 0. The fraction of sp³-hybridized carbons (Fsp3) is 0.889. The van der Waals surface area contributed by atoms with Crippen molar-refractivity contribution in [1.29, 1.82) is 0 Å². The van der Waals surface area contributed by atoms with Crippen molar-refractivity contribution >= 4 is 11.8 Å². The first kappa shape index (κ1) is 16.7. The molecule has 0 radical (unpaired) electrons. The number of nitrogens with one attached hydrogen (secondary N) is 1. The lowest BCUT2D eigenvalue weighted by Gasteiger charge is -2.39. The van der Waals surface area contributed by atoms with Crippen LogP contribution in [-0.2, 0) is 9.59 Å². The molecule has 130 valence electrons. The fourth-order valence-electron chi connectivity index (χ4n) is 4.32. The monoisotopic (exact) mass is 322 g/mol. The van der Waals surface area contributed by atoms with Crippen molar-refractivity contribution in [3.05, 3.63) is 0 Å². The molecule has 0 spiro atoms. The third kappa shape index (κ3) is 4.46. The van der Waals surface area contributed by atoms with E-state index in [-0.39, 0.29) is 29.9 Å². The van der Waals surface area contributed by atoms with E-state index in [0.29, 0.717) is 25.4 Å². The van der Waals surface area contributed by atoms with Gasteiger partial charge in [-0.25, -0.2) is 0 Å². The molecular weight excluding hydrogens is 292 g/mol. The average molecular weight is 322 g/mol. The Bertz CT molecular complexity index is 420. The molecule has 2 amide bonds. The molecule has 3 aliphatic rings. The highest BCUT2D eigenvalue weighted by Gasteiger charge is 2.35. The third-order valence-electron chi connectivity index (χ3n) is 5.81. The summed E-state index contributed by atoms with van der Waals surface area (Å²) in [6.45, 7) is 0.994. The van der Waals surface area contributed by atoms with Gasteiger partial charge in [-0.05, 0) is 44.4 Å². The van der Waals surface area contributed by atoms with Crippen molar-refractivity contribution in [3.63, 3.8) is 0 Å². The summed E-state index contributed by atoms with van der Waals surface area (Å²) in [5.41, 5.74) is 0. The Morgan fingerprint density at radius 3 is 2.22 bits per heavy atom. The average Bonchev–Trinajstić information content (AvgIpc) is 2.53. The van der Waals surface area contributed by atoms with Crippen LogP contribution in [0.5, 0.6) is 0 Å². The van der Waals surface area contributed by atoms with Crippen molar-refractivity contribution in [2.45, 2.75) is 76.4 Å². The van der Waals surface area contributed by atoms with E-state index in [4.69, 9.17) is 0 Å². The Morgan fingerprint density at radius 1 is 0.957 bits per heavy atom. The number of carbonyl (C=O) groups excluding carboxylic acids is 2. The molecule has 0 atom stereocenters. The van der Waals surface area contributed by atoms with E-state index in [0.717, 1.165) is 25.7 Å². The lowest BCUT2D eigenvalue weighted by molar-refractivity contribution is -0.146. The van der Waals surface area contributed by atoms with Crippen molar-refractivity contribution in [2.24, 2.45) is 11.8 Å². The second-order valence-electron chi connectivity index (χ2n) is 7.72. The van der Waals surface area contributed by atoms with Gasteiger partial charge >= 0.3 is 0 Å². The Labute approximate surface area is 138 Å². The Hall–Kier alpha value is -1.10. The van der Waals surface area contributed by atoms with Crippen LogP contribution >= 0.6 is 0 Å². The predicted octanol–water partition coefficient (Wildman–Crippen LogP) is 1.83. The zero-order chi connectivity index (χ0) is 16.2. The number of hydrogen-bond donors (Lipinski definition) is 2. The predicted molar refractivity (Wildman–Crippen MR) is 87.7 cm³/mol. The van der Waals surface area contributed by atoms with Gasteiger partial charge < -0.3 is 15.3 Å². The second kappa shape index (κ2) is 7.65. The lowest BCUT2D eigenvalue weighted by atomic mass is 9.84. The molecule has 0 aromatic heterocycles. The highest BCUT2D eigenvalue weighted by molar-refractivity contribution is 5.80. The van der Waals surface area contributed by atoms with E-state index in [1.165, 1.54) is 32.1 Å². The number of carbonyl (C=O) groups is 2. The summed E-state index contributed by atoms with van der Waals surface area (Å²) in [4.78, 5) is 26.2. The normalized spacial score (nSPS) is 29.9. The molecule has 5 nitrogen and oxygen atoms in total. The Morgan fingerprint density at radius 2 is 1.61 bits per heavy atom. The minimum Gasteiger partial charge on any atom is -0.389 e. The molecule has 23 heavy (non-hydrogen) atoms. The molecule has 5 heteroatoms. The Balaban J connectivity index is 1.35. The smallest absolute Gasteiger partial charge is 0.225 e. The molecule has 2 N–H and O–H groups in total. The maximum Gasteiger partial charge on any atom is 0.225 e. The van der Waals surface area contributed by atoms with Gasteiger partial charge in [0, 0.05) is 31.5 Å². The molecule has 0 unspecified atom stereocenters. The number of hydrogen-bond acceptors (Lipinski definition) is 3. The van der Waals surface area contributed by atoms with Crippen LogP contribution in [0.4, 0.5) is 0 Å². The molecule has 3 rings (SSSR count). The van der Waals surface area contributed by atoms with E-state index in [9.17, 15) is 14.7 Å². The van der Waals surface area contributed by atoms with Gasteiger partial charge in [0.05, 0.1) is 6.10 Å². The summed E-state index contributed by atoms with van der Waals surface area (Å²) in [6, 6.07) is 0.247. The second-order valence-corrected chi connectivity index (χ2v) is 7.72. The number of amides is 2. The molecule has 0 aromatic rings. The van der Waals surface area contributed by atoms with Gasteiger partial charge in [0.2, 0.25) is 11.8 Å². The van der Waals surface area contributed by atoms with E-state index in [1.807, 2.05) is 0 Å². The largest absolute Gasteiger partial charge is 0.389 e. The summed E-state index contributed by atoms with van der Waals surface area (Å²) in [5, 5.41) is 12.5. The quantitative estimate of drug-likeness (QED) is 0.830. The molecule has 0 bridgehead atoms. The number of rotatable bonds is 4. The highest BCUT2D eigenvalue weighted by atomic mass is 16.3. The minimum absolute atomic E-state index is 0.0917. The van der Waals surface area contributed by atoms with Crippen LogP contribution in [0.3, 0.4) is 0 Å². The van der Waals surface area contributed by atoms with Crippen LogP contribution < -0.4 is 5.32 Å². The van der Waals surface area contributed by atoms with Crippen molar-refractivity contribution < 1.29 is 14.7 Å². The zero-order valence-electron chi connectivity index (χ0n) is 14.0. The molecule has 0 aromatic carbocycles. The third-order valence-corrected chi connectivity index (χ3v) is 5.81. The van der Waals surface area contributed by atoms with E-state index < -0.39 is 0 Å². The van der Waals surface area contributed by atoms with E-state index in [2.05, 4.69) is 5.32 Å². The van der Waals surface area contributed by atoms with Gasteiger partial charge in [-0.15, -0.1) is 0 Å². The molecule has 2 aliphatic carbocycles. The first-order valence-electron chi connectivity index (χ1n) is 9.38. The van der Waals surface area contributed by atoms with E-state index in [1.54, 1.807) is 4.90 Å². The van der Waals surface area contributed by atoms with Gasteiger partial charge in [0.25, 0.3) is 0 Å². The molecule has 1 heterocycles. The molecule has 2 saturated carbocycles. The van der Waals surface area contributed by atoms with Crippen molar-refractivity contribution in [1.82, 2.24) is 10.2 Å². The lowest BCUT2D eigenvalue weighted by Crippen LogP contribution is -2.55. The summed E-state index contributed by atoms with van der Waals surface area (Å²) in [6.07, 6.45) is 10.2. The number of nitrogens with zero attached hydrogens (tertiary/aromatic N) is 1. The molecule has 1 aliphatic heterocycles. The van der Waals surface area contributed by atoms with Crippen LogP contribution in [0.15, 0.2) is 0 Å². The van der Waals surface area contributed by atoms with Gasteiger partial charge in [0.15, 0.2) is 0 Å². The standard InChI is InChI=1S/C18H30N2O3/c21-16-11-20(12-16)18(23)14-6-8-15(9-7-14)19-17(22)10-13-4-2-1-3-5-13/h13-16,21H,1-12H2,(H,19,22). The number of aliphatic hydroxyl groups excluding tert-OH is 1. The van der Waals surface area contributed by atoms with E-state index >= 15 is 0 Å². The number of aliphatic hydroxyl groups is 1. The first-order chi connectivity index (χ1) is 11.1. The van der Waals surface area contributed by atoms with Gasteiger partial charge in [-0.2, -0.15) is 0 Å². The summed E-state index contributed by atoms with van der Waals surface area (Å²) in [5.74, 6) is 1.08. The van der Waals surface area contributed by atoms with Crippen LogP contribution in [-0.4, -0.2) is 47.1 Å². The summed E-state index contributed by atoms with van der Waals surface area (Å²) < 4.78 is 0. The molecule has 3 fully saturated rings. The zero-order valence-corrected chi connectivity index (χ0v) is 14.0. The van der Waals surface area contributed by atoms with Gasteiger partial charge in [0.1, 0.15) is 0 Å². The number of likely N-dealkylation sites (tertiary alicyclic amines) is 1. The first-order valence-corrected chi connectivity index (χ1v) is 9.38. The van der Waals surface area contributed by atoms with Crippen LogP contribution in [0.1, 0.15) is 64.2 Å². The summed E-state index contributed by atoms with van der Waals surface area (Å²) >= 11 is 0.